The van der Waals surface area contributed by atoms with Crippen molar-refractivity contribution in [1.82, 2.24) is 5.32 Å². The average Bonchev–Trinajstić information content (AvgIpc) is 2.78. The zero-order chi connectivity index (χ0) is 21.2. The molecule has 3 aromatic rings. The van der Waals surface area contributed by atoms with Crippen molar-refractivity contribution in [2.24, 2.45) is 0 Å². The third-order valence-electron chi connectivity index (χ3n) is 4.77. The minimum atomic E-state index is -0.266. The van der Waals surface area contributed by atoms with Gasteiger partial charge in [-0.25, -0.2) is 0 Å². The lowest BCUT2D eigenvalue weighted by Crippen LogP contribution is -2.32. The van der Waals surface area contributed by atoms with Gasteiger partial charge in [-0.15, -0.1) is 0 Å². The molecule has 0 saturated carbocycles. The van der Waals surface area contributed by atoms with E-state index in [-0.39, 0.29) is 24.4 Å². The minimum absolute atomic E-state index is 0.110. The molecule has 0 aromatic heterocycles. The van der Waals surface area contributed by atoms with Crippen LogP contribution in [-0.4, -0.2) is 18.4 Å². The zero-order valence-corrected chi connectivity index (χ0v) is 17.1. The van der Waals surface area contributed by atoms with Gasteiger partial charge in [-0.2, -0.15) is 0 Å². The highest BCUT2D eigenvalue weighted by atomic mass is 16.2. The molecule has 0 bridgehead atoms. The summed E-state index contributed by atoms with van der Waals surface area (Å²) in [6.07, 6.45) is 1.95. The summed E-state index contributed by atoms with van der Waals surface area (Å²) in [6.45, 7) is 2.29. The van der Waals surface area contributed by atoms with Crippen molar-refractivity contribution in [2.75, 3.05) is 17.2 Å². The lowest BCUT2D eigenvalue weighted by molar-refractivity contribution is -0.115. The second-order valence-electron chi connectivity index (χ2n) is 7.05. The molecule has 1 atom stereocenters. The van der Waals surface area contributed by atoms with Crippen LogP contribution >= 0.6 is 0 Å². The summed E-state index contributed by atoms with van der Waals surface area (Å²) in [5.41, 5.74) is 2.78. The first-order chi connectivity index (χ1) is 14.7. The van der Waals surface area contributed by atoms with E-state index in [0.717, 1.165) is 18.4 Å². The number of anilines is 2. The van der Waals surface area contributed by atoms with Crippen LogP contribution < -0.4 is 16.0 Å². The quantitative estimate of drug-likeness (QED) is 0.472. The predicted octanol–water partition coefficient (Wildman–Crippen LogP) is 5.01. The van der Waals surface area contributed by atoms with E-state index in [1.165, 1.54) is 0 Å². The van der Waals surface area contributed by atoms with E-state index in [2.05, 4.69) is 35.0 Å². The summed E-state index contributed by atoms with van der Waals surface area (Å²) < 4.78 is 0. The van der Waals surface area contributed by atoms with Crippen LogP contribution in [0, 0.1) is 0 Å². The second kappa shape index (κ2) is 10.9. The van der Waals surface area contributed by atoms with Gasteiger partial charge in [0.2, 0.25) is 5.91 Å². The number of carbonyl (C=O) groups is 2. The van der Waals surface area contributed by atoms with Crippen LogP contribution in [0.5, 0.6) is 0 Å². The normalized spacial score (nSPS) is 11.5. The van der Waals surface area contributed by atoms with E-state index >= 15 is 0 Å². The smallest absolute Gasteiger partial charge is 0.257 e. The molecule has 0 fully saturated rings. The van der Waals surface area contributed by atoms with Crippen LogP contribution in [-0.2, 0) is 4.79 Å². The van der Waals surface area contributed by atoms with Crippen LogP contribution in [0.15, 0.2) is 84.9 Å². The number of benzene rings is 3. The molecule has 0 aliphatic carbocycles. The van der Waals surface area contributed by atoms with Gasteiger partial charge in [0.1, 0.15) is 0 Å². The van der Waals surface area contributed by atoms with Crippen LogP contribution in [0.25, 0.3) is 0 Å². The van der Waals surface area contributed by atoms with Gasteiger partial charge in [0.15, 0.2) is 0 Å². The number of hydrogen-bond acceptors (Lipinski definition) is 3. The van der Waals surface area contributed by atoms with Crippen LogP contribution in [0.1, 0.15) is 41.7 Å². The largest absolute Gasteiger partial charge is 0.324 e. The molecule has 154 valence electrons. The Morgan fingerprint density at radius 3 is 2.13 bits per heavy atom. The Balaban J connectivity index is 1.63. The standard InChI is InChI=1S/C25H27N3O2/c1-2-11-22(19-12-5-3-6-13-19)26-18-24(29)28-23-17-10-9-16-21(23)25(30)27-20-14-7-4-8-15-20/h3-10,12-17,22,26H,2,11,18H2,1H3,(H,27,30)(H,28,29). The Morgan fingerprint density at radius 1 is 0.800 bits per heavy atom. The van der Waals surface area contributed by atoms with E-state index in [9.17, 15) is 9.59 Å². The fourth-order valence-corrected chi connectivity index (χ4v) is 3.28. The maximum Gasteiger partial charge on any atom is 0.257 e. The van der Waals surface area contributed by atoms with Gasteiger partial charge < -0.3 is 16.0 Å². The molecule has 0 heterocycles. The molecule has 3 N–H and O–H groups in total. The number of carbonyl (C=O) groups excluding carboxylic acids is 2. The molecular weight excluding hydrogens is 374 g/mol. The molecule has 1 unspecified atom stereocenters. The summed E-state index contributed by atoms with van der Waals surface area (Å²) in [5, 5.41) is 9.05. The predicted molar refractivity (Wildman–Crippen MR) is 122 cm³/mol. The van der Waals surface area contributed by atoms with Crippen molar-refractivity contribution in [3.8, 4) is 0 Å². The first-order valence-corrected chi connectivity index (χ1v) is 10.2. The number of para-hydroxylation sites is 2. The monoisotopic (exact) mass is 401 g/mol. The maximum absolute atomic E-state index is 12.7. The average molecular weight is 402 g/mol. The van der Waals surface area contributed by atoms with Gasteiger partial charge in [-0.1, -0.05) is 74.0 Å². The lowest BCUT2D eigenvalue weighted by Gasteiger charge is -2.19. The second-order valence-corrected chi connectivity index (χ2v) is 7.05. The fraction of sp³-hybridized carbons (Fsp3) is 0.200. The molecule has 3 rings (SSSR count). The molecule has 0 radical (unpaired) electrons. The fourth-order valence-electron chi connectivity index (χ4n) is 3.28. The van der Waals surface area contributed by atoms with E-state index in [1.807, 2.05) is 48.5 Å². The van der Waals surface area contributed by atoms with Crippen molar-refractivity contribution in [2.45, 2.75) is 25.8 Å². The Morgan fingerprint density at radius 2 is 1.43 bits per heavy atom. The minimum Gasteiger partial charge on any atom is -0.324 e. The molecule has 0 saturated heterocycles. The summed E-state index contributed by atoms with van der Waals surface area (Å²) in [4.78, 5) is 25.3. The highest BCUT2D eigenvalue weighted by molar-refractivity contribution is 6.10. The maximum atomic E-state index is 12.7. The third kappa shape index (κ3) is 6.03. The molecule has 0 aliphatic heterocycles. The van der Waals surface area contributed by atoms with Gasteiger partial charge in [-0.3, -0.25) is 9.59 Å². The van der Waals surface area contributed by atoms with Gasteiger partial charge in [0.05, 0.1) is 17.8 Å². The Labute approximate surface area is 177 Å². The molecule has 2 amide bonds. The molecule has 5 nitrogen and oxygen atoms in total. The van der Waals surface area contributed by atoms with Crippen LogP contribution in [0.2, 0.25) is 0 Å². The SMILES string of the molecule is CCCC(NCC(=O)Nc1ccccc1C(=O)Nc1ccccc1)c1ccccc1. The molecule has 5 heteroatoms. The highest BCUT2D eigenvalue weighted by Gasteiger charge is 2.15. The molecule has 0 spiro atoms. The van der Waals surface area contributed by atoms with Crippen molar-refractivity contribution in [1.29, 1.82) is 0 Å². The zero-order valence-electron chi connectivity index (χ0n) is 17.1. The summed E-state index contributed by atoms with van der Waals surface area (Å²) in [5.74, 6) is -0.454. The Kier molecular flexibility index (Phi) is 7.75. The number of amides is 2. The third-order valence-corrected chi connectivity index (χ3v) is 4.77. The van der Waals surface area contributed by atoms with Gasteiger partial charge in [-0.05, 0) is 36.2 Å². The van der Waals surface area contributed by atoms with Gasteiger partial charge >= 0.3 is 0 Å². The number of hydrogen-bond donors (Lipinski definition) is 3. The number of nitrogens with one attached hydrogen (secondary N) is 3. The van der Waals surface area contributed by atoms with Gasteiger partial charge in [0, 0.05) is 11.7 Å². The number of rotatable bonds is 9. The van der Waals surface area contributed by atoms with E-state index in [0.29, 0.717) is 16.9 Å². The molecule has 0 aliphatic rings. The van der Waals surface area contributed by atoms with E-state index in [4.69, 9.17) is 0 Å². The van der Waals surface area contributed by atoms with Crippen molar-refractivity contribution >= 4 is 23.2 Å². The van der Waals surface area contributed by atoms with Gasteiger partial charge in [0.25, 0.3) is 5.91 Å². The first-order valence-electron chi connectivity index (χ1n) is 10.2. The summed E-state index contributed by atoms with van der Waals surface area (Å²) in [7, 11) is 0. The van der Waals surface area contributed by atoms with Crippen LogP contribution in [0.4, 0.5) is 11.4 Å². The highest BCUT2D eigenvalue weighted by Crippen LogP contribution is 2.19. The Hall–Kier alpha value is -3.44. The van der Waals surface area contributed by atoms with Crippen molar-refractivity contribution < 1.29 is 9.59 Å². The Bertz CT molecular complexity index is 958. The first kappa shape index (κ1) is 21.3. The van der Waals surface area contributed by atoms with Crippen LogP contribution in [0.3, 0.4) is 0 Å². The van der Waals surface area contributed by atoms with Crippen molar-refractivity contribution in [3.63, 3.8) is 0 Å². The topological polar surface area (TPSA) is 70.2 Å². The van der Waals surface area contributed by atoms with E-state index < -0.39 is 0 Å². The van der Waals surface area contributed by atoms with E-state index in [1.54, 1.807) is 24.3 Å². The molecule has 30 heavy (non-hydrogen) atoms. The van der Waals surface area contributed by atoms with Crippen molar-refractivity contribution in [3.05, 3.63) is 96.1 Å². The lowest BCUT2D eigenvalue weighted by atomic mass is 10.0. The molecule has 3 aromatic carbocycles. The summed E-state index contributed by atoms with van der Waals surface area (Å²) in [6, 6.07) is 26.5. The summed E-state index contributed by atoms with van der Waals surface area (Å²) >= 11 is 0. The molecular formula is C25H27N3O2.